The van der Waals surface area contributed by atoms with Gasteiger partial charge in [0.05, 0.1) is 12.6 Å². The lowest BCUT2D eigenvalue weighted by Gasteiger charge is -2.04. The minimum absolute atomic E-state index is 0.914. The topological polar surface area (TPSA) is 25.0 Å². The minimum Gasteiger partial charge on any atom is -0.495 e. The fourth-order valence-corrected chi connectivity index (χ4v) is 1.67. The third kappa shape index (κ3) is 1.18. The normalized spacial score (nSPS) is 10.6. The van der Waals surface area contributed by atoms with Gasteiger partial charge in [0.15, 0.2) is 0 Å². The van der Waals surface area contributed by atoms with E-state index in [1.165, 1.54) is 10.9 Å². The average Bonchev–Trinajstić information content (AvgIpc) is 2.64. The van der Waals surface area contributed by atoms with Crippen molar-refractivity contribution in [1.29, 1.82) is 0 Å². The molecule has 1 N–H and O–H groups in total. The third-order valence-corrected chi connectivity index (χ3v) is 2.38. The molecule has 0 spiro atoms. The van der Waals surface area contributed by atoms with Crippen molar-refractivity contribution in [3.8, 4) is 5.75 Å². The van der Waals surface area contributed by atoms with Crippen molar-refractivity contribution in [3.05, 3.63) is 30.0 Å². The Hall–Kier alpha value is -1.44. The van der Waals surface area contributed by atoms with Crippen molar-refractivity contribution in [2.75, 3.05) is 7.11 Å². The van der Waals surface area contributed by atoms with E-state index in [4.69, 9.17) is 4.74 Å². The maximum absolute atomic E-state index is 5.25. The number of benzene rings is 1. The van der Waals surface area contributed by atoms with Gasteiger partial charge in [-0.15, -0.1) is 0 Å². The molecule has 2 heteroatoms. The molecule has 68 valence electrons. The third-order valence-electron chi connectivity index (χ3n) is 2.38. The van der Waals surface area contributed by atoms with E-state index in [0.717, 1.165) is 17.7 Å². The number of H-pyrrole nitrogens is 1. The monoisotopic (exact) mass is 175 g/mol. The molecule has 0 atom stereocenters. The Balaban J connectivity index is 2.74. The maximum Gasteiger partial charge on any atom is 0.142 e. The Bertz CT molecular complexity index is 379. The summed E-state index contributed by atoms with van der Waals surface area (Å²) in [6.07, 6.45) is 3.00. The van der Waals surface area contributed by atoms with E-state index in [1.54, 1.807) is 7.11 Å². The first-order valence-electron chi connectivity index (χ1n) is 4.49. The lowest BCUT2D eigenvalue weighted by molar-refractivity contribution is 0.419. The molecule has 0 aliphatic heterocycles. The summed E-state index contributed by atoms with van der Waals surface area (Å²) < 4.78 is 5.25. The summed E-state index contributed by atoms with van der Waals surface area (Å²) in [5.74, 6) is 0.914. The van der Waals surface area contributed by atoms with Crippen LogP contribution in [0.15, 0.2) is 24.4 Å². The zero-order valence-electron chi connectivity index (χ0n) is 7.92. The number of nitrogens with one attached hydrogen (secondary N) is 1. The average molecular weight is 175 g/mol. The Kier molecular flexibility index (Phi) is 1.97. The van der Waals surface area contributed by atoms with Crippen molar-refractivity contribution in [2.24, 2.45) is 0 Å². The highest BCUT2D eigenvalue weighted by Crippen LogP contribution is 2.27. The number of aromatic nitrogens is 1. The molecule has 1 aromatic carbocycles. The second kappa shape index (κ2) is 3.13. The van der Waals surface area contributed by atoms with Gasteiger partial charge in [-0.25, -0.2) is 0 Å². The van der Waals surface area contributed by atoms with Crippen molar-refractivity contribution < 1.29 is 4.74 Å². The van der Waals surface area contributed by atoms with Crippen LogP contribution in [-0.2, 0) is 6.42 Å². The molecular formula is C11H13NO. The summed E-state index contributed by atoms with van der Waals surface area (Å²) in [4.78, 5) is 3.19. The van der Waals surface area contributed by atoms with Crippen molar-refractivity contribution in [3.63, 3.8) is 0 Å². The number of hydrogen-bond donors (Lipinski definition) is 1. The zero-order valence-corrected chi connectivity index (χ0v) is 7.92. The first kappa shape index (κ1) is 8.17. The quantitative estimate of drug-likeness (QED) is 0.745. The molecule has 13 heavy (non-hydrogen) atoms. The number of aromatic amines is 1. The molecule has 2 aromatic rings. The van der Waals surface area contributed by atoms with E-state index in [0.29, 0.717) is 0 Å². The fraction of sp³-hybridized carbons (Fsp3) is 0.273. The van der Waals surface area contributed by atoms with Crippen LogP contribution in [-0.4, -0.2) is 12.1 Å². The standard InChI is InChI=1S/C11H13NO/c1-3-8-4-5-10(13-2)11-9(8)6-7-12-11/h4-7,12H,3H2,1-2H3. The summed E-state index contributed by atoms with van der Waals surface area (Å²) in [5.41, 5.74) is 2.46. The summed E-state index contributed by atoms with van der Waals surface area (Å²) in [6.45, 7) is 2.16. The molecule has 0 unspecified atom stereocenters. The molecule has 0 amide bonds. The highest BCUT2D eigenvalue weighted by molar-refractivity contribution is 5.88. The van der Waals surface area contributed by atoms with Crippen LogP contribution >= 0.6 is 0 Å². The number of fused-ring (bicyclic) bond motifs is 1. The van der Waals surface area contributed by atoms with Gasteiger partial charge in [-0.3, -0.25) is 0 Å². The van der Waals surface area contributed by atoms with Crippen molar-refractivity contribution in [2.45, 2.75) is 13.3 Å². The van der Waals surface area contributed by atoms with Gasteiger partial charge in [0.1, 0.15) is 5.75 Å². The second-order valence-corrected chi connectivity index (χ2v) is 3.05. The number of hydrogen-bond acceptors (Lipinski definition) is 1. The molecule has 1 heterocycles. The summed E-state index contributed by atoms with van der Waals surface area (Å²) in [5, 5.41) is 1.27. The van der Waals surface area contributed by atoms with Crippen LogP contribution in [0.2, 0.25) is 0 Å². The molecule has 1 aromatic heterocycles. The predicted octanol–water partition coefficient (Wildman–Crippen LogP) is 2.74. The van der Waals surface area contributed by atoms with E-state index in [1.807, 2.05) is 12.3 Å². The Labute approximate surface area is 77.5 Å². The van der Waals surface area contributed by atoms with Crippen LogP contribution in [0.5, 0.6) is 5.75 Å². The van der Waals surface area contributed by atoms with Crippen molar-refractivity contribution >= 4 is 10.9 Å². The number of ether oxygens (including phenoxy) is 1. The highest BCUT2D eigenvalue weighted by atomic mass is 16.5. The number of methoxy groups -OCH3 is 1. The van der Waals surface area contributed by atoms with Gasteiger partial charge in [0.25, 0.3) is 0 Å². The Morgan fingerprint density at radius 2 is 2.15 bits per heavy atom. The first-order valence-corrected chi connectivity index (χ1v) is 4.49. The van der Waals surface area contributed by atoms with E-state index < -0.39 is 0 Å². The molecule has 0 aliphatic carbocycles. The summed E-state index contributed by atoms with van der Waals surface area (Å²) in [6, 6.07) is 6.23. The number of aryl methyl sites for hydroxylation is 1. The molecule has 0 fully saturated rings. The van der Waals surface area contributed by atoms with Gasteiger partial charge in [0, 0.05) is 11.6 Å². The highest BCUT2D eigenvalue weighted by Gasteiger charge is 2.04. The van der Waals surface area contributed by atoms with E-state index >= 15 is 0 Å². The van der Waals surface area contributed by atoms with Gasteiger partial charge in [0.2, 0.25) is 0 Å². The summed E-state index contributed by atoms with van der Waals surface area (Å²) >= 11 is 0. The van der Waals surface area contributed by atoms with Crippen LogP contribution in [0.1, 0.15) is 12.5 Å². The molecule has 0 bridgehead atoms. The minimum atomic E-state index is 0.914. The molecule has 0 saturated carbocycles. The molecule has 2 nitrogen and oxygen atoms in total. The smallest absolute Gasteiger partial charge is 0.142 e. The molecule has 2 rings (SSSR count). The lowest BCUT2D eigenvalue weighted by atomic mass is 10.1. The Morgan fingerprint density at radius 3 is 2.85 bits per heavy atom. The maximum atomic E-state index is 5.25. The van der Waals surface area contributed by atoms with E-state index in [9.17, 15) is 0 Å². The lowest BCUT2D eigenvalue weighted by Crippen LogP contribution is -1.87. The van der Waals surface area contributed by atoms with Gasteiger partial charge >= 0.3 is 0 Å². The number of rotatable bonds is 2. The van der Waals surface area contributed by atoms with Crippen LogP contribution in [0.25, 0.3) is 10.9 Å². The molecule has 0 radical (unpaired) electrons. The van der Waals surface area contributed by atoms with Gasteiger partial charge < -0.3 is 9.72 Å². The predicted molar refractivity (Wildman–Crippen MR) is 54.2 cm³/mol. The van der Waals surface area contributed by atoms with Crippen LogP contribution in [0.3, 0.4) is 0 Å². The summed E-state index contributed by atoms with van der Waals surface area (Å²) in [7, 11) is 1.70. The molecule has 0 aliphatic rings. The Morgan fingerprint density at radius 1 is 1.31 bits per heavy atom. The van der Waals surface area contributed by atoms with Crippen LogP contribution in [0.4, 0.5) is 0 Å². The second-order valence-electron chi connectivity index (χ2n) is 3.05. The van der Waals surface area contributed by atoms with Crippen molar-refractivity contribution in [1.82, 2.24) is 4.98 Å². The van der Waals surface area contributed by atoms with Gasteiger partial charge in [-0.2, -0.15) is 0 Å². The molecule has 0 saturated heterocycles. The van der Waals surface area contributed by atoms with Crippen LogP contribution in [0, 0.1) is 0 Å². The fourth-order valence-electron chi connectivity index (χ4n) is 1.67. The van der Waals surface area contributed by atoms with E-state index in [-0.39, 0.29) is 0 Å². The van der Waals surface area contributed by atoms with Crippen LogP contribution < -0.4 is 4.74 Å². The van der Waals surface area contributed by atoms with E-state index in [2.05, 4.69) is 24.0 Å². The zero-order chi connectivity index (χ0) is 9.26. The largest absolute Gasteiger partial charge is 0.495 e. The SMILES string of the molecule is CCc1ccc(OC)c2[nH]ccc12. The first-order chi connectivity index (χ1) is 6.36. The van der Waals surface area contributed by atoms with Gasteiger partial charge in [-0.1, -0.05) is 13.0 Å². The van der Waals surface area contributed by atoms with Gasteiger partial charge in [-0.05, 0) is 24.1 Å². The molecular weight excluding hydrogens is 162 g/mol.